The van der Waals surface area contributed by atoms with E-state index in [0.717, 1.165) is 19.4 Å². The minimum Gasteiger partial charge on any atom is -0.508 e. The van der Waals surface area contributed by atoms with Crippen LogP contribution in [0.1, 0.15) is 43.4 Å². The Morgan fingerprint density at radius 3 is 2.64 bits per heavy atom. The van der Waals surface area contributed by atoms with Gasteiger partial charge in [-0.2, -0.15) is 0 Å². The van der Waals surface area contributed by atoms with Crippen molar-refractivity contribution in [2.75, 3.05) is 13.1 Å². The first kappa shape index (κ1) is 18.3. The Labute approximate surface area is 157 Å². The van der Waals surface area contributed by atoms with E-state index in [9.17, 15) is 5.11 Å². The van der Waals surface area contributed by atoms with Crippen molar-refractivity contribution in [1.29, 1.82) is 0 Å². The van der Waals surface area contributed by atoms with E-state index in [1.54, 1.807) is 0 Å². The molecule has 1 fully saturated rings. The molecule has 1 aliphatic heterocycles. The lowest BCUT2D eigenvalue weighted by molar-refractivity contribution is 0.0410. The molecule has 0 aromatic heterocycles. The molecule has 134 valence electrons. The van der Waals surface area contributed by atoms with Crippen molar-refractivity contribution >= 4 is 12.4 Å². The Hall–Kier alpha value is -1.51. The van der Waals surface area contributed by atoms with Gasteiger partial charge in [0.25, 0.3) is 0 Å². The van der Waals surface area contributed by atoms with Gasteiger partial charge in [0.15, 0.2) is 0 Å². The highest BCUT2D eigenvalue weighted by Gasteiger charge is 2.51. The van der Waals surface area contributed by atoms with Gasteiger partial charge in [-0.25, -0.2) is 0 Å². The Morgan fingerprint density at radius 2 is 1.92 bits per heavy atom. The van der Waals surface area contributed by atoms with E-state index in [-0.39, 0.29) is 17.8 Å². The summed E-state index contributed by atoms with van der Waals surface area (Å²) < 4.78 is 0. The van der Waals surface area contributed by atoms with Crippen molar-refractivity contribution in [3.05, 3.63) is 65.2 Å². The molecule has 3 unspecified atom stereocenters. The van der Waals surface area contributed by atoms with Crippen LogP contribution in [0.2, 0.25) is 0 Å². The average Bonchev–Trinajstić information content (AvgIpc) is 2.60. The fourth-order valence-corrected chi connectivity index (χ4v) is 5.29. The molecule has 3 atom stereocenters. The van der Waals surface area contributed by atoms with E-state index in [1.165, 1.54) is 29.7 Å². The molecule has 25 heavy (non-hydrogen) atoms. The second-order valence-electron chi connectivity index (χ2n) is 7.52. The summed E-state index contributed by atoms with van der Waals surface area (Å²) in [6, 6.07) is 17.6. The zero-order valence-electron chi connectivity index (χ0n) is 15.1. The molecule has 3 heteroatoms. The lowest BCUT2D eigenvalue weighted by Crippen LogP contribution is -2.59. The molecule has 2 aromatic carbocycles. The van der Waals surface area contributed by atoms with Crippen molar-refractivity contribution < 1.29 is 5.11 Å². The molecule has 1 aliphatic carbocycles. The van der Waals surface area contributed by atoms with Crippen molar-refractivity contribution in [2.45, 2.75) is 44.6 Å². The van der Waals surface area contributed by atoms with Crippen LogP contribution in [-0.4, -0.2) is 29.1 Å². The number of likely N-dealkylation sites (tertiary alicyclic amines) is 1. The molecule has 0 spiro atoms. The fraction of sp³-hybridized carbons (Fsp3) is 0.455. The summed E-state index contributed by atoms with van der Waals surface area (Å²) >= 11 is 0. The third-order valence-corrected chi connectivity index (χ3v) is 6.42. The van der Waals surface area contributed by atoms with Gasteiger partial charge in [0.1, 0.15) is 5.75 Å². The number of phenolic OH excluding ortho intramolecular Hbond substituents is 1. The molecule has 2 nitrogen and oxygen atoms in total. The van der Waals surface area contributed by atoms with Crippen LogP contribution in [0.3, 0.4) is 0 Å². The van der Waals surface area contributed by atoms with Gasteiger partial charge in [0.2, 0.25) is 0 Å². The molecule has 0 amide bonds. The first-order valence-corrected chi connectivity index (χ1v) is 9.28. The maximum atomic E-state index is 10.2. The van der Waals surface area contributed by atoms with Crippen molar-refractivity contribution in [3.8, 4) is 5.75 Å². The van der Waals surface area contributed by atoms with Gasteiger partial charge in [-0.15, -0.1) is 12.4 Å². The van der Waals surface area contributed by atoms with Crippen LogP contribution >= 0.6 is 12.4 Å². The lowest BCUT2D eigenvalue weighted by Gasteiger charge is -2.56. The number of benzene rings is 2. The fourth-order valence-electron chi connectivity index (χ4n) is 5.29. The highest BCUT2D eigenvalue weighted by Crippen LogP contribution is 2.53. The number of hydrogen-bond donors (Lipinski definition) is 1. The van der Waals surface area contributed by atoms with Crippen LogP contribution in [-0.2, 0) is 11.8 Å². The summed E-state index contributed by atoms with van der Waals surface area (Å²) in [5.74, 6) is 0.945. The van der Waals surface area contributed by atoms with Crippen LogP contribution in [0.5, 0.6) is 5.75 Å². The van der Waals surface area contributed by atoms with E-state index < -0.39 is 0 Å². The summed E-state index contributed by atoms with van der Waals surface area (Å²) in [6.07, 6.45) is 3.44. The molecular weight excluding hydrogens is 330 g/mol. The van der Waals surface area contributed by atoms with Crippen LogP contribution in [0, 0.1) is 5.92 Å². The molecular formula is C22H28ClNO. The molecule has 4 rings (SSSR count). The molecule has 2 bridgehead atoms. The lowest BCUT2D eigenvalue weighted by atomic mass is 9.55. The number of fused-ring (bicyclic) bond motifs is 4. The van der Waals surface area contributed by atoms with Gasteiger partial charge in [0, 0.05) is 11.5 Å². The summed E-state index contributed by atoms with van der Waals surface area (Å²) in [5, 5.41) is 10.2. The van der Waals surface area contributed by atoms with Crippen LogP contribution in [0.15, 0.2) is 48.5 Å². The van der Waals surface area contributed by atoms with E-state index in [2.05, 4.69) is 55.1 Å². The standard InChI is InChI=1S/C22H27NO.ClH/c1-3-12-23-13-11-22(18-7-5-4-6-8-18)16(2)21(23)14-17-9-10-19(24)15-20(17)22;/h4-10,15-16,21,24H,3,11-14H2,1-2H3;1H. The van der Waals surface area contributed by atoms with E-state index in [0.29, 0.717) is 17.7 Å². The summed E-state index contributed by atoms with van der Waals surface area (Å²) in [4.78, 5) is 2.70. The maximum absolute atomic E-state index is 10.2. The molecule has 0 saturated carbocycles. The SMILES string of the molecule is CCCN1CCC2(c3ccccc3)c3cc(O)ccc3CC1C2C.Cl. The monoisotopic (exact) mass is 357 g/mol. The van der Waals surface area contributed by atoms with E-state index in [4.69, 9.17) is 0 Å². The summed E-state index contributed by atoms with van der Waals surface area (Å²) in [7, 11) is 0. The zero-order chi connectivity index (χ0) is 16.7. The molecule has 2 aliphatic rings. The topological polar surface area (TPSA) is 23.5 Å². The number of halogens is 1. The van der Waals surface area contributed by atoms with Crippen LogP contribution in [0.25, 0.3) is 0 Å². The average molecular weight is 358 g/mol. The van der Waals surface area contributed by atoms with Crippen molar-refractivity contribution in [2.24, 2.45) is 5.92 Å². The van der Waals surface area contributed by atoms with Gasteiger partial charge in [0.05, 0.1) is 0 Å². The van der Waals surface area contributed by atoms with E-state index in [1.807, 2.05) is 12.1 Å². The first-order chi connectivity index (χ1) is 11.7. The van der Waals surface area contributed by atoms with Crippen LogP contribution < -0.4 is 0 Å². The highest BCUT2D eigenvalue weighted by molar-refractivity contribution is 5.85. The van der Waals surface area contributed by atoms with Gasteiger partial charge in [-0.1, -0.05) is 50.2 Å². The third kappa shape index (κ3) is 2.76. The number of piperidine rings is 1. The summed E-state index contributed by atoms with van der Waals surface area (Å²) in [5.41, 5.74) is 4.21. The Bertz CT molecular complexity index is 732. The minimum atomic E-state index is 0. The van der Waals surface area contributed by atoms with E-state index >= 15 is 0 Å². The zero-order valence-corrected chi connectivity index (χ0v) is 15.9. The Morgan fingerprint density at radius 1 is 1.16 bits per heavy atom. The number of nitrogens with zero attached hydrogens (tertiary/aromatic N) is 1. The van der Waals surface area contributed by atoms with Gasteiger partial charge in [-0.05, 0) is 67.1 Å². The van der Waals surface area contributed by atoms with Crippen molar-refractivity contribution in [3.63, 3.8) is 0 Å². The molecule has 1 N–H and O–H groups in total. The molecule has 2 aromatic rings. The number of hydrogen-bond acceptors (Lipinski definition) is 2. The molecule has 0 radical (unpaired) electrons. The second-order valence-corrected chi connectivity index (χ2v) is 7.52. The predicted octanol–water partition coefficient (Wildman–Crippen LogP) is 4.78. The Balaban J connectivity index is 0.00000182. The quantitative estimate of drug-likeness (QED) is 0.854. The number of aromatic hydroxyl groups is 1. The number of rotatable bonds is 3. The molecule has 1 heterocycles. The highest BCUT2D eigenvalue weighted by atomic mass is 35.5. The molecule has 1 saturated heterocycles. The second kappa shape index (κ2) is 7.01. The maximum Gasteiger partial charge on any atom is 0.115 e. The van der Waals surface area contributed by atoms with Crippen LogP contribution in [0.4, 0.5) is 0 Å². The number of phenols is 1. The van der Waals surface area contributed by atoms with Gasteiger partial charge >= 0.3 is 0 Å². The predicted molar refractivity (Wildman–Crippen MR) is 106 cm³/mol. The normalized spacial score (nSPS) is 28.1. The Kier molecular flexibility index (Phi) is 5.13. The largest absolute Gasteiger partial charge is 0.508 e. The summed E-state index contributed by atoms with van der Waals surface area (Å²) in [6.45, 7) is 7.03. The van der Waals surface area contributed by atoms with Gasteiger partial charge < -0.3 is 5.11 Å². The van der Waals surface area contributed by atoms with Gasteiger partial charge in [-0.3, -0.25) is 4.90 Å². The minimum absolute atomic E-state index is 0. The first-order valence-electron chi connectivity index (χ1n) is 9.28. The smallest absolute Gasteiger partial charge is 0.115 e. The van der Waals surface area contributed by atoms with Crippen molar-refractivity contribution in [1.82, 2.24) is 4.90 Å². The third-order valence-electron chi connectivity index (χ3n) is 6.42.